The predicted octanol–water partition coefficient (Wildman–Crippen LogP) is 4.54. The lowest BCUT2D eigenvalue weighted by Crippen LogP contribution is -2.21. The van der Waals surface area contributed by atoms with Crippen LogP contribution in [0.25, 0.3) is 0 Å². The number of hydrogen-bond donors (Lipinski definition) is 1. The lowest BCUT2D eigenvalue weighted by molar-refractivity contribution is 0.410. The molecular weight excluding hydrogens is 290 g/mol. The van der Waals surface area contributed by atoms with E-state index >= 15 is 0 Å². The van der Waals surface area contributed by atoms with Crippen molar-refractivity contribution >= 4 is 15.9 Å². The van der Waals surface area contributed by atoms with Gasteiger partial charge in [-0.1, -0.05) is 26.8 Å². The van der Waals surface area contributed by atoms with E-state index in [-0.39, 0.29) is 0 Å². The average molecular weight is 314 g/mol. The summed E-state index contributed by atoms with van der Waals surface area (Å²) in [6.07, 6.45) is 2.41. The van der Waals surface area contributed by atoms with Crippen LogP contribution in [0, 0.1) is 5.92 Å². The van der Waals surface area contributed by atoms with Crippen molar-refractivity contribution in [2.75, 3.05) is 13.7 Å². The zero-order valence-corrected chi connectivity index (χ0v) is 13.4. The maximum atomic E-state index is 5.27. The first-order valence-corrected chi connectivity index (χ1v) is 7.44. The molecule has 0 amide bonds. The standard InChI is InChI=1S/C15H24BrNO/c1-5-17-14(8-6-11(2)3)12-7-9-15(18-4)13(16)10-12/h7,9-11,14,17H,5-6,8H2,1-4H3. The summed E-state index contributed by atoms with van der Waals surface area (Å²) in [4.78, 5) is 0. The van der Waals surface area contributed by atoms with Crippen molar-refractivity contribution in [3.05, 3.63) is 28.2 Å². The first-order valence-electron chi connectivity index (χ1n) is 6.65. The summed E-state index contributed by atoms with van der Waals surface area (Å²) in [5, 5.41) is 3.56. The molecule has 0 heterocycles. The monoisotopic (exact) mass is 313 g/mol. The Kier molecular flexibility index (Phi) is 6.72. The van der Waals surface area contributed by atoms with Crippen LogP contribution in [0.5, 0.6) is 5.75 Å². The Labute approximate surface area is 119 Å². The van der Waals surface area contributed by atoms with E-state index in [1.54, 1.807) is 7.11 Å². The summed E-state index contributed by atoms with van der Waals surface area (Å²) in [6, 6.07) is 6.77. The van der Waals surface area contributed by atoms with Crippen LogP contribution in [0.1, 0.15) is 45.2 Å². The van der Waals surface area contributed by atoms with Gasteiger partial charge in [0.05, 0.1) is 11.6 Å². The lowest BCUT2D eigenvalue weighted by Gasteiger charge is -2.20. The van der Waals surface area contributed by atoms with Gasteiger partial charge in [0, 0.05) is 6.04 Å². The summed E-state index contributed by atoms with van der Waals surface area (Å²) < 4.78 is 6.29. The van der Waals surface area contributed by atoms with Gasteiger partial charge >= 0.3 is 0 Å². The van der Waals surface area contributed by atoms with E-state index in [4.69, 9.17) is 4.74 Å². The second-order valence-electron chi connectivity index (χ2n) is 4.98. The maximum absolute atomic E-state index is 5.27. The maximum Gasteiger partial charge on any atom is 0.133 e. The summed E-state index contributed by atoms with van der Waals surface area (Å²) in [5.74, 6) is 1.63. The van der Waals surface area contributed by atoms with Gasteiger partial charge in [-0.3, -0.25) is 0 Å². The Morgan fingerprint density at radius 3 is 2.50 bits per heavy atom. The van der Waals surface area contributed by atoms with E-state index in [0.717, 1.165) is 22.7 Å². The van der Waals surface area contributed by atoms with E-state index in [2.05, 4.69) is 54.2 Å². The minimum atomic E-state index is 0.430. The van der Waals surface area contributed by atoms with Crippen molar-refractivity contribution in [3.8, 4) is 5.75 Å². The first kappa shape index (κ1) is 15.5. The second kappa shape index (κ2) is 7.80. The molecule has 1 aromatic rings. The van der Waals surface area contributed by atoms with E-state index in [1.165, 1.54) is 18.4 Å². The highest BCUT2D eigenvalue weighted by atomic mass is 79.9. The molecule has 102 valence electrons. The zero-order chi connectivity index (χ0) is 13.5. The minimum absolute atomic E-state index is 0.430. The van der Waals surface area contributed by atoms with Crippen molar-refractivity contribution < 1.29 is 4.74 Å². The Balaban J connectivity index is 2.81. The molecule has 1 unspecified atom stereocenters. The van der Waals surface area contributed by atoms with Crippen LogP contribution in [0.15, 0.2) is 22.7 Å². The fraction of sp³-hybridized carbons (Fsp3) is 0.600. The van der Waals surface area contributed by atoms with Gasteiger partial charge in [-0.2, -0.15) is 0 Å². The molecular formula is C15H24BrNO. The third-order valence-corrected chi connectivity index (χ3v) is 3.68. The van der Waals surface area contributed by atoms with Crippen LogP contribution in [0.4, 0.5) is 0 Å². The Bertz CT molecular complexity index is 366. The van der Waals surface area contributed by atoms with Gasteiger partial charge in [-0.15, -0.1) is 0 Å². The third-order valence-electron chi connectivity index (χ3n) is 3.06. The molecule has 1 atom stereocenters. The molecule has 0 bridgehead atoms. The van der Waals surface area contributed by atoms with Crippen molar-refractivity contribution in [2.45, 2.75) is 39.7 Å². The number of rotatable bonds is 7. The highest BCUT2D eigenvalue weighted by molar-refractivity contribution is 9.10. The summed E-state index contributed by atoms with van der Waals surface area (Å²) in [5.41, 5.74) is 1.32. The predicted molar refractivity (Wildman–Crippen MR) is 81.2 cm³/mol. The molecule has 0 aliphatic heterocycles. The molecule has 0 fully saturated rings. The molecule has 0 saturated carbocycles. The zero-order valence-electron chi connectivity index (χ0n) is 11.8. The molecule has 0 aliphatic carbocycles. The van der Waals surface area contributed by atoms with Crippen molar-refractivity contribution in [1.82, 2.24) is 5.32 Å². The summed E-state index contributed by atoms with van der Waals surface area (Å²) >= 11 is 3.55. The van der Waals surface area contributed by atoms with Gasteiger partial charge in [-0.25, -0.2) is 0 Å². The summed E-state index contributed by atoms with van der Waals surface area (Å²) in [7, 11) is 1.69. The van der Waals surface area contributed by atoms with Gasteiger partial charge in [0.15, 0.2) is 0 Å². The van der Waals surface area contributed by atoms with Gasteiger partial charge in [0.25, 0.3) is 0 Å². The van der Waals surface area contributed by atoms with E-state index in [0.29, 0.717) is 6.04 Å². The number of methoxy groups -OCH3 is 1. The number of nitrogens with one attached hydrogen (secondary N) is 1. The molecule has 1 rings (SSSR count). The van der Waals surface area contributed by atoms with Gasteiger partial charge in [-0.05, 0) is 58.9 Å². The first-order chi connectivity index (χ1) is 8.58. The number of halogens is 1. The van der Waals surface area contributed by atoms with Crippen LogP contribution in [-0.4, -0.2) is 13.7 Å². The topological polar surface area (TPSA) is 21.3 Å². The molecule has 0 radical (unpaired) electrons. The molecule has 0 aliphatic rings. The van der Waals surface area contributed by atoms with Gasteiger partial charge in [0.2, 0.25) is 0 Å². The van der Waals surface area contributed by atoms with Crippen LogP contribution < -0.4 is 10.1 Å². The fourth-order valence-corrected chi connectivity index (χ4v) is 2.59. The van der Waals surface area contributed by atoms with Crippen molar-refractivity contribution in [3.63, 3.8) is 0 Å². The molecule has 1 N–H and O–H groups in total. The molecule has 0 saturated heterocycles. The van der Waals surface area contributed by atoms with Gasteiger partial charge < -0.3 is 10.1 Å². The second-order valence-corrected chi connectivity index (χ2v) is 5.83. The minimum Gasteiger partial charge on any atom is -0.496 e. The highest BCUT2D eigenvalue weighted by Gasteiger charge is 2.12. The Morgan fingerprint density at radius 1 is 1.28 bits per heavy atom. The van der Waals surface area contributed by atoms with Crippen molar-refractivity contribution in [1.29, 1.82) is 0 Å². The largest absolute Gasteiger partial charge is 0.496 e. The molecule has 1 aromatic carbocycles. The summed E-state index contributed by atoms with van der Waals surface area (Å²) in [6.45, 7) is 7.69. The smallest absolute Gasteiger partial charge is 0.133 e. The lowest BCUT2D eigenvalue weighted by atomic mass is 9.97. The van der Waals surface area contributed by atoms with Crippen LogP contribution >= 0.6 is 15.9 Å². The fourth-order valence-electron chi connectivity index (χ4n) is 2.03. The highest BCUT2D eigenvalue weighted by Crippen LogP contribution is 2.30. The molecule has 2 nitrogen and oxygen atoms in total. The number of benzene rings is 1. The van der Waals surface area contributed by atoms with Crippen LogP contribution in [0.3, 0.4) is 0 Å². The van der Waals surface area contributed by atoms with E-state index in [1.807, 2.05) is 6.07 Å². The van der Waals surface area contributed by atoms with Crippen molar-refractivity contribution in [2.24, 2.45) is 5.92 Å². The average Bonchev–Trinajstić information content (AvgIpc) is 2.34. The van der Waals surface area contributed by atoms with Crippen LogP contribution in [0.2, 0.25) is 0 Å². The normalized spacial score (nSPS) is 12.8. The van der Waals surface area contributed by atoms with E-state index < -0.39 is 0 Å². The van der Waals surface area contributed by atoms with E-state index in [9.17, 15) is 0 Å². The molecule has 0 spiro atoms. The van der Waals surface area contributed by atoms with Gasteiger partial charge in [0.1, 0.15) is 5.75 Å². The number of hydrogen-bond acceptors (Lipinski definition) is 2. The van der Waals surface area contributed by atoms with Crippen LogP contribution in [-0.2, 0) is 0 Å². The molecule has 0 aromatic heterocycles. The number of ether oxygens (including phenoxy) is 1. The molecule has 18 heavy (non-hydrogen) atoms. The Morgan fingerprint density at radius 2 is 2.00 bits per heavy atom. The Hall–Kier alpha value is -0.540. The quantitative estimate of drug-likeness (QED) is 0.797. The third kappa shape index (κ3) is 4.62. The SMILES string of the molecule is CCNC(CCC(C)C)c1ccc(OC)c(Br)c1. The molecule has 3 heteroatoms.